The van der Waals surface area contributed by atoms with Crippen LogP contribution in [0.15, 0.2) is 5.10 Å². The van der Waals surface area contributed by atoms with Crippen LogP contribution in [-0.4, -0.2) is 16.3 Å². The molecule has 0 aliphatic carbocycles. The molecule has 1 unspecified atom stereocenters. The van der Waals surface area contributed by atoms with Crippen LogP contribution in [-0.2, 0) is 0 Å². The van der Waals surface area contributed by atoms with Crippen LogP contribution in [0.2, 0.25) is 0 Å². The first-order chi connectivity index (χ1) is 4.69. The Bertz CT molecular complexity index is 149. The van der Waals surface area contributed by atoms with Crippen LogP contribution < -0.4 is 11.6 Å². The molecule has 0 aromatic heterocycles. The number of rotatable bonds is 1. The molecule has 1 aliphatic heterocycles. The van der Waals surface area contributed by atoms with Crippen LogP contribution in [0.3, 0.4) is 0 Å². The number of nitrogens with two attached hydrogens (primary N) is 2. The average molecular weight is 159 g/mol. The molecule has 10 heavy (non-hydrogen) atoms. The van der Waals surface area contributed by atoms with E-state index in [1.165, 1.54) is 12.2 Å². The fourth-order valence-electron chi connectivity index (χ4n) is 1.12. The summed E-state index contributed by atoms with van der Waals surface area (Å²) in [6.45, 7) is 2.09. The zero-order valence-corrected chi connectivity index (χ0v) is 6.95. The minimum absolute atomic E-state index is 0.0226. The predicted octanol–water partition coefficient (Wildman–Crippen LogP) is 0.503. The molecule has 1 atom stereocenters. The van der Waals surface area contributed by atoms with Gasteiger partial charge in [-0.3, -0.25) is 0 Å². The van der Waals surface area contributed by atoms with Crippen molar-refractivity contribution < 1.29 is 0 Å². The highest BCUT2D eigenvalue weighted by Crippen LogP contribution is 2.37. The number of hydrogen-bond donors (Lipinski definition) is 2. The van der Waals surface area contributed by atoms with Gasteiger partial charge in [-0.1, -0.05) is 0 Å². The molecule has 0 spiro atoms. The van der Waals surface area contributed by atoms with Gasteiger partial charge in [0.05, 0.1) is 4.75 Å². The fourth-order valence-corrected chi connectivity index (χ4v) is 2.35. The second-order valence-corrected chi connectivity index (χ2v) is 4.30. The van der Waals surface area contributed by atoms with Crippen LogP contribution in [0, 0.1) is 0 Å². The van der Waals surface area contributed by atoms with Gasteiger partial charge in [0.15, 0.2) is 0 Å². The van der Waals surface area contributed by atoms with E-state index in [1.807, 2.05) is 11.8 Å². The predicted molar refractivity (Wildman–Crippen MR) is 45.9 cm³/mol. The summed E-state index contributed by atoms with van der Waals surface area (Å²) in [5.41, 5.74) is 5.62. The Balaban J connectivity index is 2.67. The summed E-state index contributed by atoms with van der Waals surface area (Å²) in [5.74, 6) is 6.84. The molecular formula is C6H13N3S. The average Bonchev–Trinajstić information content (AvgIpc) is 2.36. The highest BCUT2D eigenvalue weighted by atomic mass is 32.2. The minimum Gasteiger partial charge on any atom is -0.385 e. The van der Waals surface area contributed by atoms with Crippen molar-refractivity contribution in [3.63, 3.8) is 0 Å². The quantitative estimate of drug-likeness (QED) is 0.253. The van der Waals surface area contributed by atoms with Crippen molar-refractivity contribution in [1.82, 2.24) is 0 Å². The topological polar surface area (TPSA) is 64.4 Å². The lowest BCUT2D eigenvalue weighted by Gasteiger charge is -2.20. The standard InChI is InChI=1S/C6H13N3S/c1-6(5(7)9-8)3-2-4-10-6/h2-4,8H2,1H3,(H2,7,9). The molecule has 4 heteroatoms. The molecule has 58 valence electrons. The fraction of sp³-hybridized carbons (Fsp3) is 0.833. The zero-order chi connectivity index (χ0) is 7.61. The van der Waals surface area contributed by atoms with Gasteiger partial charge in [0.1, 0.15) is 5.84 Å². The molecule has 0 aromatic carbocycles. The lowest BCUT2D eigenvalue weighted by molar-refractivity contribution is 0.746. The van der Waals surface area contributed by atoms with E-state index in [4.69, 9.17) is 11.6 Å². The Morgan fingerprint density at radius 3 is 2.80 bits per heavy atom. The molecule has 1 rings (SSSR count). The van der Waals surface area contributed by atoms with Crippen molar-refractivity contribution in [3.8, 4) is 0 Å². The molecule has 0 aromatic rings. The highest BCUT2D eigenvalue weighted by Gasteiger charge is 2.33. The largest absolute Gasteiger partial charge is 0.385 e. The van der Waals surface area contributed by atoms with E-state index in [2.05, 4.69) is 12.0 Å². The normalized spacial score (nSPS) is 34.7. The summed E-state index contributed by atoms with van der Waals surface area (Å²) in [6.07, 6.45) is 2.32. The lowest BCUT2D eigenvalue weighted by Crippen LogP contribution is -2.36. The second kappa shape index (κ2) is 2.70. The van der Waals surface area contributed by atoms with E-state index in [9.17, 15) is 0 Å². The first-order valence-electron chi connectivity index (χ1n) is 3.37. The number of amidine groups is 1. The molecule has 1 aliphatic rings. The molecular weight excluding hydrogens is 146 g/mol. The van der Waals surface area contributed by atoms with Gasteiger partial charge in [0.2, 0.25) is 0 Å². The lowest BCUT2D eigenvalue weighted by atomic mass is 10.1. The monoisotopic (exact) mass is 159 g/mol. The molecule has 0 bridgehead atoms. The zero-order valence-electron chi connectivity index (χ0n) is 6.13. The molecule has 0 amide bonds. The van der Waals surface area contributed by atoms with E-state index >= 15 is 0 Å². The van der Waals surface area contributed by atoms with E-state index in [0.717, 1.165) is 6.42 Å². The maximum absolute atomic E-state index is 5.62. The van der Waals surface area contributed by atoms with Crippen molar-refractivity contribution in [3.05, 3.63) is 0 Å². The molecule has 4 N–H and O–H groups in total. The third-order valence-corrected chi connectivity index (χ3v) is 3.44. The molecule has 3 nitrogen and oxygen atoms in total. The summed E-state index contributed by atoms with van der Waals surface area (Å²) < 4.78 is 0.0226. The number of hydrogen-bond acceptors (Lipinski definition) is 3. The molecule has 0 radical (unpaired) electrons. The van der Waals surface area contributed by atoms with Gasteiger partial charge in [0.25, 0.3) is 0 Å². The van der Waals surface area contributed by atoms with Gasteiger partial charge in [0, 0.05) is 0 Å². The Labute approximate surface area is 65.2 Å². The highest BCUT2D eigenvalue weighted by molar-refractivity contribution is 8.01. The van der Waals surface area contributed by atoms with Gasteiger partial charge in [-0.2, -0.15) is 5.10 Å². The van der Waals surface area contributed by atoms with Crippen LogP contribution >= 0.6 is 11.8 Å². The van der Waals surface area contributed by atoms with E-state index in [0.29, 0.717) is 5.84 Å². The second-order valence-electron chi connectivity index (χ2n) is 2.70. The van der Waals surface area contributed by atoms with E-state index in [-0.39, 0.29) is 4.75 Å². The van der Waals surface area contributed by atoms with Crippen LogP contribution in [0.1, 0.15) is 19.8 Å². The van der Waals surface area contributed by atoms with Gasteiger partial charge in [-0.25, -0.2) is 0 Å². The third kappa shape index (κ3) is 1.21. The molecule has 1 heterocycles. The Morgan fingerprint density at radius 1 is 1.70 bits per heavy atom. The van der Waals surface area contributed by atoms with Crippen molar-refractivity contribution in [1.29, 1.82) is 0 Å². The summed E-state index contributed by atoms with van der Waals surface area (Å²) >= 11 is 1.84. The van der Waals surface area contributed by atoms with Crippen LogP contribution in [0.5, 0.6) is 0 Å². The minimum atomic E-state index is 0.0226. The van der Waals surface area contributed by atoms with Gasteiger partial charge < -0.3 is 11.6 Å². The SMILES string of the molecule is CC1(/C(N)=N/N)CCCS1. The Kier molecular flexibility index (Phi) is 2.08. The van der Waals surface area contributed by atoms with Gasteiger partial charge in [-0.15, -0.1) is 11.8 Å². The van der Waals surface area contributed by atoms with Gasteiger partial charge >= 0.3 is 0 Å². The first kappa shape index (κ1) is 7.72. The van der Waals surface area contributed by atoms with Crippen LogP contribution in [0.4, 0.5) is 0 Å². The summed E-state index contributed by atoms with van der Waals surface area (Å²) in [7, 11) is 0. The Hall–Kier alpha value is -0.380. The van der Waals surface area contributed by atoms with E-state index in [1.54, 1.807) is 0 Å². The number of thioether (sulfide) groups is 1. The van der Waals surface area contributed by atoms with Crippen molar-refractivity contribution in [2.45, 2.75) is 24.5 Å². The summed E-state index contributed by atoms with van der Waals surface area (Å²) in [5, 5.41) is 3.52. The maximum Gasteiger partial charge on any atom is 0.135 e. The van der Waals surface area contributed by atoms with E-state index < -0.39 is 0 Å². The molecule has 1 fully saturated rings. The van der Waals surface area contributed by atoms with Crippen molar-refractivity contribution in [2.24, 2.45) is 16.7 Å². The first-order valence-corrected chi connectivity index (χ1v) is 4.35. The summed E-state index contributed by atoms with van der Waals surface area (Å²) in [6, 6.07) is 0. The smallest absolute Gasteiger partial charge is 0.135 e. The number of nitrogens with zero attached hydrogens (tertiary/aromatic N) is 1. The molecule has 1 saturated heterocycles. The Morgan fingerprint density at radius 2 is 2.40 bits per heavy atom. The summed E-state index contributed by atoms with van der Waals surface area (Å²) in [4.78, 5) is 0. The number of hydrazone groups is 1. The van der Waals surface area contributed by atoms with Crippen molar-refractivity contribution in [2.75, 3.05) is 5.75 Å². The van der Waals surface area contributed by atoms with Crippen molar-refractivity contribution >= 4 is 17.6 Å². The van der Waals surface area contributed by atoms with Crippen LogP contribution in [0.25, 0.3) is 0 Å². The molecule has 0 saturated carbocycles. The third-order valence-electron chi connectivity index (χ3n) is 1.90. The maximum atomic E-state index is 5.62. The van der Waals surface area contributed by atoms with Gasteiger partial charge in [-0.05, 0) is 25.5 Å².